The molecule has 1 heterocycles. The van der Waals surface area contributed by atoms with Crippen molar-refractivity contribution < 1.29 is 19.1 Å². The lowest BCUT2D eigenvalue weighted by Gasteiger charge is -2.05. The molecule has 0 saturated carbocycles. The molecule has 0 radical (unpaired) electrons. The molecule has 0 aliphatic heterocycles. The summed E-state index contributed by atoms with van der Waals surface area (Å²) in [5, 5.41) is 17.2. The van der Waals surface area contributed by atoms with Gasteiger partial charge in [0.15, 0.2) is 0 Å². The first-order valence-corrected chi connectivity index (χ1v) is 7.47. The molecular formula is C14H16N2O4S. The summed E-state index contributed by atoms with van der Waals surface area (Å²) in [5.74, 6) is 1.20. The molecule has 2 aromatic rings. The van der Waals surface area contributed by atoms with Crippen LogP contribution in [0, 0.1) is 0 Å². The van der Waals surface area contributed by atoms with E-state index in [1.54, 1.807) is 12.1 Å². The van der Waals surface area contributed by atoms with E-state index < -0.39 is 5.97 Å². The minimum atomic E-state index is -0.950. The quantitative estimate of drug-likeness (QED) is 0.621. The van der Waals surface area contributed by atoms with Crippen molar-refractivity contribution >= 4 is 17.7 Å². The van der Waals surface area contributed by atoms with Crippen LogP contribution in [-0.4, -0.2) is 33.6 Å². The molecule has 1 aromatic heterocycles. The fourth-order valence-corrected chi connectivity index (χ4v) is 2.08. The lowest BCUT2D eigenvalue weighted by Crippen LogP contribution is -2.01. The van der Waals surface area contributed by atoms with Crippen molar-refractivity contribution in [3.8, 4) is 5.75 Å². The van der Waals surface area contributed by atoms with Crippen LogP contribution in [0.3, 0.4) is 0 Å². The number of hydrogen-bond acceptors (Lipinski definition) is 6. The van der Waals surface area contributed by atoms with Crippen LogP contribution in [0.1, 0.15) is 36.0 Å². The second-order valence-corrected chi connectivity index (χ2v) is 5.63. The highest BCUT2D eigenvalue weighted by atomic mass is 32.2. The van der Waals surface area contributed by atoms with Gasteiger partial charge in [-0.1, -0.05) is 25.6 Å². The van der Waals surface area contributed by atoms with Crippen LogP contribution in [0.25, 0.3) is 0 Å². The Bertz CT molecular complexity index is 595. The Morgan fingerprint density at radius 2 is 2.05 bits per heavy atom. The molecule has 21 heavy (non-hydrogen) atoms. The van der Waals surface area contributed by atoms with Crippen molar-refractivity contribution in [2.75, 3.05) is 12.4 Å². The van der Waals surface area contributed by atoms with Gasteiger partial charge in [-0.05, 0) is 24.3 Å². The monoisotopic (exact) mass is 308 g/mol. The largest absolute Gasteiger partial charge is 0.493 e. The van der Waals surface area contributed by atoms with Gasteiger partial charge >= 0.3 is 5.97 Å². The first-order valence-electron chi connectivity index (χ1n) is 6.48. The molecule has 0 saturated heterocycles. The number of carboxylic acids is 1. The lowest BCUT2D eigenvalue weighted by molar-refractivity contribution is 0.0697. The van der Waals surface area contributed by atoms with Crippen molar-refractivity contribution in [3.05, 3.63) is 35.7 Å². The summed E-state index contributed by atoms with van der Waals surface area (Å²) in [4.78, 5) is 10.7. The number of aromatic carboxylic acids is 1. The van der Waals surface area contributed by atoms with E-state index in [1.807, 2.05) is 13.8 Å². The standard InChI is InChI=1S/C14H16N2O4S/c1-9(2)12-15-16-14(20-12)21-8-7-19-11-5-3-10(4-6-11)13(17)18/h3-6,9H,7-8H2,1-2H3,(H,17,18). The van der Waals surface area contributed by atoms with Crippen molar-refractivity contribution in [2.24, 2.45) is 0 Å². The Hall–Kier alpha value is -2.02. The minimum Gasteiger partial charge on any atom is -0.493 e. The number of thioether (sulfide) groups is 1. The summed E-state index contributed by atoms with van der Waals surface area (Å²) in [7, 11) is 0. The maximum atomic E-state index is 10.7. The molecule has 1 aromatic carbocycles. The molecule has 0 bridgehead atoms. The molecule has 0 fully saturated rings. The molecule has 6 nitrogen and oxygen atoms in total. The third-order valence-corrected chi connectivity index (χ3v) is 3.38. The Labute approximate surface area is 126 Å². The van der Waals surface area contributed by atoms with Crippen LogP contribution in [0.15, 0.2) is 33.9 Å². The Morgan fingerprint density at radius 3 is 2.62 bits per heavy atom. The van der Waals surface area contributed by atoms with Crippen LogP contribution >= 0.6 is 11.8 Å². The fourth-order valence-electron chi connectivity index (χ4n) is 1.49. The van der Waals surface area contributed by atoms with Crippen molar-refractivity contribution in [3.63, 3.8) is 0 Å². The molecule has 1 N–H and O–H groups in total. The normalized spacial score (nSPS) is 10.8. The molecule has 0 spiro atoms. The number of ether oxygens (including phenoxy) is 1. The summed E-state index contributed by atoms with van der Waals surface area (Å²) >= 11 is 1.43. The maximum absolute atomic E-state index is 10.7. The van der Waals surface area contributed by atoms with Crippen molar-refractivity contribution in [1.82, 2.24) is 10.2 Å². The lowest BCUT2D eigenvalue weighted by atomic mass is 10.2. The molecule has 0 amide bonds. The molecule has 2 rings (SSSR count). The maximum Gasteiger partial charge on any atom is 0.335 e. The van der Waals surface area contributed by atoms with Gasteiger partial charge < -0.3 is 14.3 Å². The van der Waals surface area contributed by atoms with E-state index in [4.69, 9.17) is 14.3 Å². The number of nitrogens with zero attached hydrogens (tertiary/aromatic N) is 2. The van der Waals surface area contributed by atoms with Crippen LogP contribution < -0.4 is 4.74 Å². The average Bonchev–Trinajstić information content (AvgIpc) is 2.93. The highest BCUT2D eigenvalue weighted by Crippen LogP contribution is 2.20. The predicted molar refractivity (Wildman–Crippen MR) is 78.0 cm³/mol. The zero-order valence-corrected chi connectivity index (χ0v) is 12.6. The van der Waals surface area contributed by atoms with Gasteiger partial charge in [-0.15, -0.1) is 10.2 Å². The Kier molecular flexibility index (Phi) is 5.21. The van der Waals surface area contributed by atoms with Gasteiger partial charge in [-0.3, -0.25) is 0 Å². The molecule has 7 heteroatoms. The van der Waals surface area contributed by atoms with Crippen LogP contribution in [0.4, 0.5) is 0 Å². The third-order valence-electron chi connectivity index (χ3n) is 2.59. The smallest absolute Gasteiger partial charge is 0.335 e. The fraction of sp³-hybridized carbons (Fsp3) is 0.357. The van der Waals surface area contributed by atoms with E-state index in [0.29, 0.717) is 29.2 Å². The topological polar surface area (TPSA) is 85.5 Å². The Balaban J connectivity index is 1.75. The molecule has 112 valence electrons. The summed E-state index contributed by atoms with van der Waals surface area (Å²) in [6, 6.07) is 6.30. The van der Waals surface area contributed by atoms with Gasteiger partial charge in [0.1, 0.15) is 5.75 Å². The first-order chi connectivity index (χ1) is 10.1. The average molecular weight is 308 g/mol. The third kappa shape index (κ3) is 4.49. The summed E-state index contributed by atoms with van der Waals surface area (Å²) < 4.78 is 11.0. The van der Waals surface area contributed by atoms with Crippen molar-refractivity contribution in [2.45, 2.75) is 25.0 Å². The highest BCUT2D eigenvalue weighted by molar-refractivity contribution is 7.99. The van der Waals surface area contributed by atoms with E-state index in [0.717, 1.165) is 0 Å². The zero-order valence-electron chi connectivity index (χ0n) is 11.8. The first kappa shape index (κ1) is 15.4. The van der Waals surface area contributed by atoms with Crippen LogP contribution in [-0.2, 0) is 0 Å². The number of rotatable bonds is 7. The minimum absolute atomic E-state index is 0.218. The number of hydrogen-bond donors (Lipinski definition) is 1. The highest BCUT2D eigenvalue weighted by Gasteiger charge is 2.09. The predicted octanol–water partition coefficient (Wildman–Crippen LogP) is 3.06. The Morgan fingerprint density at radius 1 is 1.33 bits per heavy atom. The van der Waals surface area contributed by atoms with Gasteiger partial charge in [0.2, 0.25) is 5.89 Å². The van der Waals surface area contributed by atoms with E-state index in [-0.39, 0.29) is 11.5 Å². The number of benzene rings is 1. The zero-order chi connectivity index (χ0) is 15.2. The molecule has 0 aliphatic rings. The van der Waals surface area contributed by atoms with E-state index in [2.05, 4.69) is 10.2 Å². The van der Waals surface area contributed by atoms with Gasteiger partial charge in [-0.2, -0.15) is 0 Å². The molecule has 0 atom stereocenters. The van der Waals surface area contributed by atoms with E-state index in [1.165, 1.54) is 23.9 Å². The second-order valence-electron chi connectivity index (χ2n) is 4.59. The van der Waals surface area contributed by atoms with Crippen molar-refractivity contribution in [1.29, 1.82) is 0 Å². The van der Waals surface area contributed by atoms with Gasteiger partial charge in [0.25, 0.3) is 5.22 Å². The number of carboxylic acid groups (broad SMARTS) is 1. The molecule has 0 unspecified atom stereocenters. The summed E-state index contributed by atoms with van der Waals surface area (Å²) in [5.41, 5.74) is 0.240. The number of aromatic nitrogens is 2. The van der Waals surface area contributed by atoms with Gasteiger partial charge in [0, 0.05) is 11.7 Å². The van der Waals surface area contributed by atoms with Crippen LogP contribution in [0.5, 0.6) is 5.75 Å². The molecule has 0 aliphatic carbocycles. The van der Waals surface area contributed by atoms with Gasteiger partial charge in [-0.25, -0.2) is 4.79 Å². The SMILES string of the molecule is CC(C)c1nnc(SCCOc2ccc(C(=O)O)cc2)o1. The van der Waals surface area contributed by atoms with Gasteiger partial charge in [0.05, 0.1) is 12.2 Å². The number of carbonyl (C=O) groups is 1. The van der Waals surface area contributed by atoms with E-state index >= 15 is 0 Å². The molecular weight excluding hydrogens is 292 g/mol. The summed E-state index contributed by atoms with van der Waals surface area (Å²) in [6.07, 6.45) is 0. The van der Waals surface area contributed by atoms with E-state index in [9.17, 15) is 4.79 Å². The second kappa shape index (κ2) is 7.12. The van der Waals surface area contributed by atoms with Crippen LogP contribution in [0.2, 0.25) is 0 Å². The summed E-state index contributed by atoms with van der Waals surface area (Å²) in [6.45, 7) is 4.45.